The molecule has 190 valence electrons. The van der Waals surface area contributed by atoms with Gasteiger partial charge in [0.15, 0.2) is 0 Å². The van der Waals surface area contributed by atoms with Gasteiger partial charge in [-0.25, -0.2) is 4.39 Å². The second kappa shape index (κ2) is 8.73. The monoisotopic (exact) mass is 537 g/mol. The van der Waals surface area contributed by atoms with Crippen molar-refractivity contribution in [3.05, 3.63) is 0 Å². The van der Waals surface area contributed by atoms with Gasteiger partial charge in [-0.2, -0.15) is 75.5 Å². The van der Waals surface area contributed by atoms with Crippen LogP contribution in [0.1, 0.15) is 6.42 Å². The molecule has 0 saturated carbocycles. The fourth-order valence-corrected chi connectivity index (χ4v) is 1.89. The van der Waals surface area contributed by atoms with Gasteiger partial charge < -0.3 is 0 Å². The van der Waals surface area contributed by atoms with E-state index >= 15 is 0 Å². The molecule has 0 amide bonds. The molecular weight excluding hydrogens is 533 g/mol. The molecule has 0 heterocycles. The first-order valence-electron chi connectivity index (χ1n) is 6.85. The molecule has 0 spiro atoms. The van der Waals surface area contributed by atoms with Crippen LogP contribution >= 0.6 is 11.8 Å². The summed E-state index contributed by atoms with van der Waals surface area (Å²) in [6, 6.07) is 0. The molecular formula is C11H4F17NO2S. The molecule has 0 aromatic rings. The van der Waals surface area contributed by atoms with Crippen molar-refractivity contribution < 1.29 is 84.1 Å². The summed E-state index contributed by atoms with van der Waals surface area (Å²) in [5, 5.41) is 8.99. The van der Waals surface area contributed by atoms with E-state index < -0.39 is 60.6 Å². The topological polar surface area (TPSA) is 42.2 Å². The lowest BCUT2D eigenvalue weighted by Crippen LogP contribution is -2.67. The number of thiocyanates is 1. The van der Waals surface area contributed by atoms with E-state index in [-0.39, 0.29) is 11.8 Å². The third-order valence-electron chi connectivity index (χ3n) is 3.03. The summed E-state index contributed by atoms with van der Waals surface area (Å²) < 4.78 is 221. The first-order chi connectivity index (χ1) is 13.7. The third kappa shape index (κ3) is 5.73. The SMILES string of the molecule is N#CSCCC(F)(OC(F)(F)C(F)(OC(F)(F)C(F)(F)C(F)(F)F)C(F)(F)F)C(F)(F)F. The van der Waals surface area contributed by atoms with E-state index in [1.165, 1.54) is 4.74 Å². The van der Waals surface area contributed by atoms with E-state index in [9.17, 15) is 74.6 Å². The Morgan fingerprint density at radius 2 is 1.03 bits per heavy atom. The highest BCUT2D eigenvalue weighted by molar-refractivity contribution is 8.03. The number of halogens is 17. The zero-order chi connectivity index (χ0) is 26.2. The maximum Gasteiger partial charge on any atom is 0.462 e. The van der Waals surface area contributed by atoms with Crippen LogP contribution in [0.4, 0.5) is 74.6 Å². The van der Waals surface area contributed by atoms with Crippen molar-refractivity contribution in [1.29, 1.82) is 5.26 Å². The fourth-order valence-electron chi connectivity index (χ4n) is 1.44. The lowest BCUT2D eigenvalue weighted by atomic mass is 10.2. The van der Waals surface area contributed by atoms with Crippen LogP contribution in [0.25, 0.3) is 0 Å². The van der Waals surface area contributed by atoms with Crippen LogP contribution in [0.5, 0.6) is 0 Å². The highest BCUT2D eigenvalue weighted by atomic mass is 32.2. The zero-order valence-electron chi connectivity index (χ0n) is 14.0. The number of ether oxygens (including phenoxy) is 2. The van der Waals surface area contributed by atoms with Crippen molar-refractivity contribution >= 4 is 11.8 Å². The molecule has 0 aliphatic rings. The lowest BCUT2D eigenvalue weighted by molar-refractivity contribution is -0.552. The maximum atomic E-state index is 13.8. The second-order valence-electron chi connectivity index (χ2n) is 5.32. The molecule has 0 bridgehead atoms. The van der Waals surface area contributed by atoms with Gasteiger partial charge in [-0.15, -0.1) is 0 Å². The van der Waals surface area contributed by atoms with Crippen molar-refractivity contribution in [3.63, 3.8) is 0 Å². The van der Waals surface area contributed by atoms with Crippen LogP contribution in [0.15, 0.2) is 0 Å². The Morgan fingerprint density at radius 3 is 1.34 bits per heavy atom. The molecule has 0 aliphatic carbocycles. The molecule has 0 saturated heterocycles. The molecule has 2 unspecified atom stereocenters. The number of nitriles is 1. The highest BCUT2D eigenvalue weighted by Gasteiger charge is 2.85. The smallest absolute Gasteiger partial charge is 0.270 e. The molecule has 0 fully saturated rings. The number of rotatable bonds is 9. The van der Waals surface area contributed by atoms with Gasteiger partial charge in [0.2, 0.25) is 0 Å². The summed E-state index contributed by atoms with van der Waals surface area (Å²) in [6.07, 6.45) is -40.2. The van der Waals surface area contributed by atoms with Crippen LogP contribution in [0.3, 0.4) is 0 Å². The molecule has 0 aromatic heterocycles. The van der Waals surface area contributed by atoms with Crippen molar-refractivity contribution in [1.82, 2.24) is 0 Å². The molecule has 0 rings (SSSR count). The van der Waals surface area contributed by atoms with Gasteiger partial charge in [0.1, 0.15) is 5.40 Å². The molecule has 0 aromatic carbocycles. The van der Waals surface area contributed by atoms with Crippen LogP contribution in [-0.4, -0.2) is 54.1 Å². The zero-order valence-corrected chi connectivity index (χ0v) is 14.8. The Balaban J connectivity index is 6.51. The van der Waals surface area contributed by atoms with Crippen LogP contribution in [0, 0.1) is 10.7 Å². The lowest BCUT2D eigenvalue weighted by Gasteiger charge is -2.40. The average Bonchev–Trinajstić information content (AvgIpc) is 2.50. The van der Waals surface area contributed by atoms with Crippen molar-refractivity contribution in [2.24, 2.45) is 0 Å². The number of thioether (sulfide) groups is 1. The second-order valence-corrected chi connectivity index (χ2v) is 6.20. The summed E-state index contributed by atoms with van der Waals surface area (Å²) >= 11 is -0.345. The van der Waals surface area contributed by atoms with Gasteiger partial charge in [0.05, 0.1) is 0 Å². The van der Waals surface area contributed by atoms with Crippen LogP contribution < -0.4 is 0 Å². The predicted molar refractivity (Wildman–Crippen MR) is 65.5 cm³/mol. The minimum atomic E-state index is -7.89. The summed E-state index contributed by atoms with van der Waals surface area (Å²) in [5.74, 6) is -23.3. The minimum absolute atomic E-state index is 0.345. The van der Waals surface area contributed by atoms with E-state index in [0.717, 1.165) is 5.40 Å². The molecule has 0 N–H and O–H groups in total. The van der Waals surface area contributed by atoms with Gasteiger partial charge >= 0.3 is 48.4 Å². The molecule has 3 nitrogen and oxygen atoms in total. The predicted octanol–water partition coefficient (Wildman–Crippen LogP) is 6.46. The summed E-state index contributed by atoms with van der Waals surface area (Å²) in [5.41, 5.74) is 0. The molecule has 2 atom stereocenters. The number of nitrogens with zero attached hydrogens (tertiary/aromatic N) is 1. The van der Waals surface area contributed by atoms with E-state index in [1.807, 2.05) is 4.74 Å². The molecule has 21 heteroatoms. The van der Waals surface area contributed by atoms with Gasteiger partial charge in [-0.1, -0.05) is 0 Å². The number of alkyl halides is 17. The van der Waals surface area contributed by atoms with Crippen molar-refractivity contribution in [3.8, 4) is 5.40 Å². The van der Waals surface area contributed by atoms with E-state index in [2.05, 4.69) is 0 Å². The van der Waals surface area contributed by atoms with Gasteiger partial charge in [0.25, 0.3) is 0 Å². The third-order valence-corrected chi connectivity index (χ3v) is 3.57. The van der Waals surface area contributed by atoms with Gasteiger partial charge in [-0.05, 0) is 11.8 Å². The van der Waals surface area contributed by atoms with E-state index in [1.54, 1.807) is 0 Å². The Kier molecular flexibility index (Phi) is 8.34. The van der Waals surface area contributed by atoms with E-state index in [0.29, 0.717) is 0 Å². The Hall–Kier alpha value is -1.43. The van der Waals surface area contributed by atoms with Gasteiger partial charge in [0, 0.05) is 12.2 Å². The molecule has 0 aliphatic heterocycles. The van der Waals surface area contributed by atoms with Gasteiger partial charge in [-0.3, -0.25) is 9.47 Å². The quantitative estimate of drug-likeness (QED) is 0.192. The number of hydrogen-bond acceptors (Lipinski definition) is 4. The largest absolute Gasteiger partial charge is 0.462 e. The average molecular weight is 537 g/mol. The van der Waals surface area contributed by atoms with Crippen LogP contribution in [-0.2, 0) is 9.47 Å². The summed E-state index contributed by atoms with van der Waals surface area (Å²) in [7, 11) is 0. The standard InChI is InChI=1S/C11H4F17NO2S/c12-4(7(16,17)18,1-2-32-3-29)30-11(27,28)6(15,9(22,23)24)31-10(25,26)5(13,14)8(19,20)21/h1-2H2. The summed E-state index contributed by atoms with van der Waals surface area (Å²) in [4.78, 5) is 0. The van der Waals surface area contributed by atoms with E-state index in [4.69, 9.17) is 5.26 Å². The number of hydrogen-bond donors (Lipinski definition) is 0. The normalized spacial score (nSPS) is 18.6. The Labute approximate surface area is 168 Å². The highest BCUT2D eigenvalue weighted by Crippen LogP contribution is 2.56. The first-order valence-corrected chi connectivity index (χ1v) is 7.83. The first kappa shape index (κ1) is 30.6. The van der Waals surface area contributed by atoms with Crippen LogP contribution in [0.2, 0.25) is 0 Å². The fraction of sp³-hybridized carbons (Fsp3) is 0.909. The minimum Gasteiger partial charge on any atom is -0.270 e. The summed E-state index contributed by atoms with van der Waals surface area (Å²) in [6.45, 7) is 0. The Morgan fingerprint density at radius 1 is 0.594 bits per heavy atom. The maximum absolute atomic E-state index is 13.8. The van der Waals surface area contributed by atoms with Crippen molar-refractivity contribution in [2.75, 3.05) is 5.75 Å². The molecule has 0 radical (unpaired) electrons. The molecule has 32 heavy (non-hydrogen) atoms. The Bertz CT molecular complexity index is 695. The van der Waals surface area contributed by atoms with Crippen molar-refractivity contribution in [2.45, 2.75) is 54.8 Å².